The maximum atomic E-state index is 12.6. The molecule has 1 atom stereocenters. The Kier molecular flexibility index (Phi) is 4.67. The van der Waals surface area contributed by atoms with Crippen molar-refractivity contribution < 1.29 is 9.53 Å². The zero-order valence-corrected chi connectivity index (χ0v) is 17.8. The van der Waals surface area contributed by atoms with Gasteiger partial charge in [0.15, 0.2) is 11.6 Å². The molecule has 5 heterocycles. The Balaban J connectivity index is 1.27. The number of anilines is 4. The highest BCUT2D eigenvalue weighted by Gasteiger charge is 2.49. The van der Waals surface area contributed by atoms with E-state index in [0.29, 0.717) is 31.5 Å². The maximum absolute atomic E-state index is 12.6. The lowest BCUT2D eigenvalue weighted by Crippen LogP contribution is -2.67. The van der Waals surface area contributed by atoms with Gasteiger partial charge in [-0.3, -0.25) is 4.79 Å². The molecular weight excluding hydrogens is 408 g/mol. The second kappa shape index (κ2) is 7.70. The standard InChI is InChI=1S/C22H26N8O2/c31-20-16-4-3-15-13-23-21(26-19(15)30(16)22(14-24-20)7-1-2-8-22)25-17-5-6-18(28-27-17)29-9-11-32-12-10-29/h3-6,13,16H,1-2,7-12,14H2,(H,24,31)(H,23,25,26,27). The van der Waals surface area contributed by atoms with E-state index in [9.17, 15) is 4.79 Å². The number of carbonyl (C=O) groups is 1. The van der Waals surface area contributed by atoms with E-state index in [1.54, 1.807) is 0 Å². The molecule has 10 heteroatoms. The number of amides is 1. The average Bonchev–Trinajstić information content (AvgIpc) is 3.31. The highest BCUT2D eigenvalue weighted by atomic mass is 16.5. The summed E-state index contributed by atoms with van der Waals surface area (Å²) in [4.78, 5) is 26.3. The topological polar surface area (TPSA) is 108 Å². The van der Waals surface area contributed by atoms with Gasteiger partial charge in [-0.2, -0.15) is 4.98 Å². The third-order valence-corrected chi connectivity index (χ3v) is 6.89. The van der Waals surface area contributed by atoms with E-state index in [2.05, 4.69) is 35.6 Å². The number of rotatable bonds is 3. The summed E-state index contributed by atoms with van der Waals surface area (Å²) in [5, 5.41) is 14.9. The minimum absolute atomic E-state index is 0.0297. The number of morpholine rings is 1. The summed E-state index contributed by atoms with van der Waals surface area (Å²) >= 11 is 0. The van der Waals surface area contributed by atoms with Crippen LogP contribution in [-0.4, -0.2) is 70.5 Å². The molecule has 2 N–H and O–H groups in total. The van der Waals surface area contributed by atoms with Crippen LogP contribution in [-0.2, 0) is 9.53 Å². The molecule has 1 saturated carbocycles. The number of nitrogens with zero attached hydrogens (tertiary/aromatic N) is 6. The summed E-state index contributed by atoms with van der Waals surface area (Å²) in [6.45, 7) is 3.70. The minimum Gasteiger partial charge on any atom is -0.378 e. The molecule has 2 aromatic rings. The predicted molar refractivity (Wildman–Crippen MR) is 120 cm³/mol. The second-order valence-corrected chi connectivity index (χ2v) is 8.80. The van der Waals surface area contributed by atoms with E-state index in [0.717, 1.165) is 43.1 Å². The Morgan fingerprint density at radius 2 is 2.00 bits per heavy atom. The first kappa shape index (κ1) is 19.4. The molecule has 1 amide bonds. The lowest BCUT2D eigenvalue weighted by Gasteiger charge is -2.50. The molecule has 4 aliphatic rings. The largest absolute Gasteiger partial charge is 0.378 e. The van der Waals surface area contributed by atoms with E-state index >= 15 is 0 Å². The van der Waals surface area contributed by atoms with Gasteiger partial charge < -0.3 is 25.2 Å². The number of hydrogen-bond donors (Lipinski definition) is 2. The van der Waals surface area contributed by atoms with Crippen LogP contribution in [0.1, 0.15) is 31.2 Å². The van der Waals surface area contributed by atoms with Gasteiger partial charge >= 0.3 is 0 Å². The van der Waals surface area contributed by atoms with E-state index < -0.39 is 0 Å². The van der Waals surface area contributed by atoms with Gasteiger partial charge in [0.05, 0.1) is 18.8 Å². The van der Waals surface area contributed by atoms with Crippen molar-refractivity contribution in [1.82, 2.24) is 25.5 Å². The van der Waals surface area contributed by atoms with E-state index in [4.69, 9.17) is 9.72 Å². The molecule has 1 unspecified atom stereocenters. The van der Waals surface area contributed by atoms with Crippen LogP contribution in [0.15, 0.2) is 24.4 Å². The van der Waals surface area contributed by atoms with Crippen LogP contribution in [0.25, 0.3) is 6.08 Å². The first-order chi connectivity index (χ1) is 15.7. The summed E-state index contributed by atoms with van der Waals surface area (Å²) in [5.41, 5.74) is 0.852. The second-order valence-electron chi connectivity index (χ2n) is 8.80. The van der Waals surface area contributed by atoms with Crippen LogP contribution in [0.3, 0.4) is 0 Å². The van der Waals surface area contributed by atoms with Crippen molar-refractivity contribution in [3.05, 3.63) is 30.0 Å². The molecule has 32 heavy (non-hydrogen) atoms. The first-order valence-electron chi connectivity index (χ1n) is 11.3. The molecule has 3 aliphatic heterocycles. The van der Waals surface area contributed by atoms with E-state index in [1.807, 2.05) is 30.5 Å². The zero-order chi connectivity index (χ0) is 21.5. The highest BCUT2D eigenvalue weighted by Crippen LogP contribution is 2.43. The quantitative estimate of drug-likeness (QED) is 0.743. The predicted octanol–water partition coefficient (Wildman–Crippen LogP) is 1.49. The molecule has 0 radical (unpaired) electrons. The average molecular weight is 435 g/mol. The third kappa shape index (κ3) is 3.26. The molecule has 3 fully saturated rings. The maximum Gasteiger partial charge on any atom is 0.246 e. The summed E-state index contributed by atoms with van der Waals surface area (Å²) in [6, 6.07) is 3.50. The fourth-order valence-corrected chi connectivity index (χ4v) is 5.25. The summed E-state index contributed by atoms with van der Waals surface area (Å²) in [5.74, 6) is 2.70. The molecule has 2 aromatic heterocycles. The fraction of sp³-hybridized carbons (Fsp3) is 0.500. The highest BCUT2D eigenvalue weighted by molar-refractivity contribution is 5.93. The van der Waals surface area contributed by atoms with Crippen molar-refractivity contribution in [3.8, 4) is 0 Å². The van der Waals surface area contributed by atoms with Crippen LogP contribution in [0.5, 0.6) is 0 Å². The molecule has 1 spiro atoms. The Bertz CT molecular complexity index is 1040. The molecule has 6 rings (SSSR count). The normalized spacial score (nSPS) is 23.6. The van der Waals surface area contributed by atoms with Crippen LogP contribution < -0.4 is 20.4 Å². The van der Waals surface area contributed by atoms with Gasteiger partial charge in [-0.1, -0.05) is 25.0 Å². The number of aromatic nitrogens is 4. The SMILES string of the molecule is O=C1NCC2(CCCC2)N2c3nc(Nc4ccc(N5CCOCC5)nn4)ncc3C=CC12. The van der Waals surface area contributed by atoms with Gasteiger partial charge in [-0.15, -0.1) is 10.2 Å². The van der Waals surface area contributed by atoms with Gasteiger partial charge in [0, 0.05) is 31.4 Å². The lowest BCUT2D eigenvalue weighted by molar-refractivity contribution is -0.123. The van der Waals surface area contributed by atoms with Crippen LogP contribution in [0.2, 0.25) is 0 Å². The number of fused-ring (bicyclic) bond motifs is 4. The molecule has 10 nitrogen and oxygen atoms in total. The molecule has 166 valence electrons. The molecular formula is C22H26N8O2. The molecule has 0 bridgehead atoms. The van der Waals surface area contributed by atoms with E-state index in [1.165, 1.54) is 12.8 Å². The molecule has 2 saturated heterocycles. The summed E-state index contributed by atoms with van der Waals surface area (Å²) < 4.78 is 5.40. The number of carbonyl (C=O) groups excluding carboxylic acids is 1. The molecule has 0 aromatic carbocycles. The number of hydrogen-bond acceptors (Lipinski definition) is 9. The van der Waals surface area contributed by atoms with Gasteiger partial charge in [0.25, 0.3) is 0 Å². The number of ether oxygens (including phenoxy) is 1. The first-order valence-corrected chi connectivity index (χ1v) is 11.3. The van der Waals surface area contributed by atoms with Crippen molar-refractivity contribution in [1.29, 1.82) is 0 Å². The van der Waals surface area contributed by atoms with Crippen LogP contribution >= 0.6 is 0 Å². The summed E-state index contributed by atoms with van der Waals surface area (Å²) in [6.07, 6.45) is 10.2. The third-order valence-electron chi connectivity index (χ3n) is 6.89. The summed E-state index contributed by atoms with van der Waals surface area (Å²) in [7, 11) is 0. The van der Waals surface area contributed by atoms with E-state index in [-0.39, 0.29) is 17.5 Å². The fourth-order valence-electron chi connectivity index (χ4n) is 5.25. The van der Waals surface area contributed by atoms with Crippen molar-refractivity contribution in [2.75, 3.05) is 48.0 Å². The Labute approximate surface area is 186 Å². The van der Waals surface area contributed by atoms with Crippen molar-refractivity contribution in [2.24, 2.45) is 0 Å². The van der Waals surface area contributed by atoms with Gasteiger partial charge in [-0.05, 0) is 25.0 Å². The lowest BCUT2D eigenvalue weighted by atomic mass is 9.87. The zero-order valence-electron chi connectivity index (χ0n) is 17.8. The van der Waals surface area contributed by atoms with Gasteiger partial charge in [0.1, 0.15) is 11.9 Å². The molecule has 1 aliphatic carbocycles. The number of piperazine rings is 1. The Morgan fingerprint density at radius 3 is 2.78 bits per heavy atom. The Morgan fingerprint density at radius 1 is 1.16 bits per heavy atom. The van der Waals surface area contributed by atoms with Crippen molar-refractivity contribution >= 4 is 35.4 Å². The van der Waals surface area contributed by atoms with Crippen LogP contribution in [0.4, 0.5) is 23.4 Å². The van der Waals surface area contributed by atoms with Gasteiger partial charge in [0.2, 0.25) is 11.9 Å². The van der Waals surface area contributed by atoms with Crippen molar-refractivity contribution in [3.63, 3.8) is 0 Å². The smallest absolute Gasteiger partial charge is 0.246 e. The van der Waals surface area contributed by atoms with Gasteiger partial charge in [-0.25, -0.2) is 4.98 Å². The number of nitrogens with one attached hydrogen (secondary N) is 2. The van der Waals surface area contributed by atoms with Crippen molar-refractivity contribution in [2.45, 2.75) is 37.3 Å². The Hall–Kier alpha value is -3.27. The monoisotopic (exact) mass is 434 g/mol. The van der Waals surface area contributed by atoms with Crippen LogP contribution in [0, 0.1) is 0 Å². The minimum atomic E-state index is -0.329.